The number of hydrogen-bond donors (Lipinski definition) is 0. The molecule has 1 heterocycles. The normalized spacial score (nSPS) is 14.2. The maximum atomic E-state index is 13.3. The first-order valence-corrected chi connectivity index (χ1v) is 11.9. The predicted octanol–water partition coefficient (Wildman–Crippen LogP) is 6.07. The molecular weight excluding hydrogens is 410 g/mol. The van der Waals surface area contributed by atoms with Gasteiger partial charge in [-0.1, -0.05) is 48.5 Å². The summed E-state index contributed by atoms with van der Waals surface area (Å²) in [7, 11) is 0. The van der Waals surface area contributed by atoms with Gasteiger partial charge in [-0.15, -0.1) is 0 Å². The Morgan fingerprint density at radius 3 is 2.36 bits per heavy atom. The molecule has 0 aliphatic carbocycles. The summed E-state index contributed by atoms with van der Waals surface area (Å²) in [4.78, 5) is 15.2. The zero-order chi connectivity index (χ0) is 23.0. The van der Waals surface area contributed by atoms with Crippen molar-refractivity contribution in [2.75, 3.05) is 19.7 Å². The smallest absolute Gasteiger partial charge is 0.253 e. The number of nitrogens with zero attached hydrogens (tertiary/aromatic N) is 1. The summed E-state index contributed by atoms with van der Waals surface area (Å²) in [6.07, 6.45) is 3.17. The first-order chi connectivity index (χ1) is 16.1. The number of likely N-dealkylation sites (tertiary alicyclic amines) is 1. The molecule has 0 saturated carbocycles. The molecule has 0 radical (unpaired) electrons. The van der Waals surface area contributed by atoms with E-state index in [1.807, 2.05) is 61.2 Å². The Hall–Kier alpha value is -3.27. The van der Waals surface area contributed by atoms with Crippen LogP contribution in [0.25, 0.3) is 0 Å². The van der Waals surface area contributed by atoms with Crippen molar-refractivity contribution in [3.05, 3.63) is 95.1 Å². The van der Waals surface area contributed by atoms with E-state index in [1.54, 1.807) is 0 Å². The van der Waals surface area contributed by atoms with Crippen molar-refractivity contribution < 1.29 is 14.3 Å². The SMILES string of the molecule is CCOc1ccc(C(=O)N2CCC(Cc3ccccc3)CC2)cc1COc1ccccc1C. The van der Waals surface area contributed by atoms with Crippen molar-refractivity contribution in [2.45, 2.75) is 39.7 Å². The van der Waals surface area contributed by atoms with Gasteiger partial charge in [0.1, 0.15) is 18.1 Å². The number of carbonyl (C=O) groups is 1. The van der Waals surface area contributed by atoms with Crippen LogP contribution in [0, 0.1) is 12.8 Å². The number of ether oxygens (including phenoxy) is 2. The van der Waals surface area contributed by atoms with E-state index in [0.29, 0.717) is 24.7 Å². The van der Waals surface area contributed by atoms with Crippen molar-refractivity contribution in [1.29, 1.82) is 0 Å². The molecule has 0 N–H and O–H groups in total. The second-order valence-electron chi connectivity index (χ2n) is 8.73. The second-order valence-corrected chi connectivity index (χ2v) is 8.73. The summed E-state index contributed by atoms with van der Waals surface area (Å²) in [5.74, 6) is 2.34. The molecule has 0 atom stereocenters. The molecule has 172 valence electrons. The minimum atomic E-state index is 0.0911. The number of para-hydroxylation sites is 1. The third-order valence-corrected chi connectivity index (χ3v) is 6.35. The lowest BCUT2D eigenvalue weighted by Gasteiger charge is -2.32. The van der Waals surface area contributed by atoms with E-state index >= 15 is 0 Å². The number of amides is 1. The van der Waals surface area contributed by atoms with Gasteiger partial charge in [0.25, 0.3) is 5.91 Å². The lowest BCUT2D eigenvalue weighted by atomic mass is 9.90. The maximum Gasteiger partial charge on any atom is 0.253 e. The Balaban J connectivity index is 1.41. The van der Waals surface area contributed by atoms with Gasteiger partial charge >= 0.3 is 0 Å². The average molecular weight is 444 g/mol. The molecule has 0 spiro atoms. The van der Waals surface area contributed by atoms with E-state index in [2.05, 4.69) is 30.3 Å². The fourth-order valence-corrected chi connectivity index (χ4v) is 4.47. The highest BCUT2D eigenvalue weighted by atomic mass is 16.5. The van der Waals surface area contributed by atoms with Crippen LogP contribution in [0.2, 0.25) is 0 Å². The number of aryl methyl sites for hydroxylation is 1. The van der Waals surface area contributed by atoms with Crippen molar-refractivity contribution >= 4 is 5.91 Å². The fraction of sp³-hybridized carbons (Fsp3) is 0.345. The van der Waals surface area contributed by atoms with Gasteiger partial charge in [-0.05, 0) is 74.4 Å². The summed E-state index contributed by atoms with van der Waals surface area (Å²) >= 11 is 0. The molecule has 4 rings (SSSR count). The predicted molar refractivity (Wildman–Crippen MR) is 132 cm³/mol. The van der Waals surface area contributed by atoms with Gasteiger partial charge in [-0.25, -0.2) is 0 Å². The molecule has 1 amide bonds. The second kappa shape index (κ2) is 11.0. The summed E-state index contributed by atoms with van der Waals surface area (Å²) in [6, 6.07) is 24.3. The fourth-order valence-electron chi connectivity index (χ4n) is 4.47. The van der Waals surface area contributed by atoms with Gasteiger partial charge in [0.15, 0.2) is 0 Å². The van der Waals surface area contributed by atoms with Gasteiger partial charge in [0.05, 0.1) is 6.61 Å². The number of carbonyl (C=O) groups excluding carboxylic acids is 1. The van der Waals surface area contributed by atoms with Crippen LogP contribution in [0.15, 0.2) is 72.8 Å². The first-order valence-electron chi connectivity index (χ1n) is 11.9. The van der Waals surface area contributed by atoms with Gasteiger partial charge in [0, 0.05) is 24.2 Å². The number of hydrogen-bond acceptors (Lipinski definition) is 3. The molecule has 33 heavy (non-hydrogen) atoms. The van der Waals surface area contributed by atoms with Gasteiger partial charge in [-0.3, -0.25) is 4.79 Å². The standard InChI is InChI=1S/C29H33NO3/c1-3-32-28-14-13-25(20-26(28)21-33-27-12-8-7-9-22(27)2)29(31)30-17-15-24(16-18-30)19-23-10-5-4-6-11-23/h4-14,20,24H,3,15-19,21H2,1-2H3. The first kappa shape index (κ1) is 22.9. The molecule has 3 aromatic carbocycles. The van der Waals surface area contributed by atoms with Crippen LogP contribution in [-0.2, 0) is 13.0 Å². The van der Waals surface area contributed by atoms with Gasteiger partial charge < -0.3 is 14.4 Å². The van der Waals surface area contributed by atoms with Crippen molar-refractivity contribution in [2.24, 2.45) is 5.92 Å². The topological polar surface area (TPSA) is 38.8 Å². The van der Waals surface area contributed by atoms with Crippen LogP contribution >= 0.6 is 0 Å². The monoisotopic (exact) mass is 443 g/mol. The van der Waals surface area contributed by atoms with Crippen LogP contribution in [0.5, 0.6) is 11.5 Å². The summed E-state index contributed by atoms with van der Waals surface area (Å²) in [6.45, 7) is 6.53. The highest BCUT2D eigenvalue weighted by Gasteiger charge is 2.24. The van der Waals surface area contributed by atoms with Gasteiger partial charge in [-0.2, -0.15) is 0 Å². The minimum absolute atomic E-state index is 0.0911. The van der Waals surface area contributed by atoms with Crippen LogP contribution < -0.4 is 9.47 Å². The van der Waals surface area contributed by atoms with E-state index in [-0.39, 0.29) is 5.91 Å². The average Bonchev–Trinajstić information content (AvgIpc) is 2.85. The highest BCUT2D eigenvalue weighted by Crippen LogP contribution is 2.27. The Kier molecular flexibility index (Phi) is 7.66. The molecule has 0 aromatic heterocycles. The molecular formula is C29H33NO3. The molecule has 0 unspecified atom stereocenters. The lowest BCUT2D eigenvalue weighted by molar-refractivity contribution is 0.0690. The minimum Gasteiger partial charge on any atom is -0.493 e. The van der Waals surface area contributed by atoms with E-state index in [0.717, 1.165) is 55.0 Å². The van der Waals surface area contributed by atoms with Crippen molar-refractivity contribution in [3.8, 4) is 11.5 Å². The third-order valence-electron chi connectivity index (χ3n) is 6.35. The molecule has 3 aromatic rings. The molecule has 1 aliphatic rings. The zero-order valence-electron chi connectivity index (χ0n) is 19.6. The molecule has 0 bridgehead atoms. The maximum absolute atomic E-state index is 13.3. The highest BCUT2D eigenvalue weighted by molar-refractivity contribution is 5.94. The quantitative estimate of drug-likeness (QED) is 0.424. The molecule has 1 aliphatic heterocycles. The Bertz CT molecular complexity index is 1060. The van der Waals surface area contributed by atoms with Gasteiger partial charge in [0.2, 0.25) is 0 Å². The van der Waals surface area contributed by atoms with E-state index in [1.165, 1.54) is 5.56 Å². The summed E-state index contributed by atoms with van der Waals surface area (Å²) < 4.78 is 11.9. The number of rotatable bonds is 8. The van der Waals surface area contributed by atoms with Crippen LogP contribution in [-0.4, -0.2) is 30.5 Å². The molecule has 4 nitrogen and oxygen atoms in total. The largest absolute Gasteiger partial charge is 0.493 e. The van der Waals surface area contributed by atoms with Crippen LogP contribution in [0.1, 0.15) is 46.8 Å². The molecule has 1 fully saturated rings. The van der Waals surface area contributed by atoms with Crippen molar-refractivity contribution in [3.63, 3.8) is 0 Å². The summed E-state index contributed by atoms with van der Waals surface area (Å²) in [5, 5.41) is 0. The lowest BCUT2D eigenvalue weighted by Crippen LogP contribution is -2.39. The van der Waals surface area contributed by atoms with Crippen molar-refractivity contribution in [1.82, 2.24) is 4.90 Å². The number of benzene rings is 3. The Morgan fingerprint density at radius 2 is 1.64 bits per heavy atom. The van der Waals surface area contributed by atoms with Crippen LogP contribution in [0.4, 0.5) is 0 Å². The Labute approximate surface area is 197 Å². The molecule has 1 saturated heterocycles. The molecule has 4 heteroatoms. The Morgan fingerprint density at radius 1 is 0.909 bits per heavy atom. The van der Waals surface area contributed by atoms with E-state index in [4.69, 9.17) is 9.47 Å². The summed E-state index contributed by atoms with van der Waals surface area (Å²) in [5.41, 5.74) is 4.06. The zero-order valence-corrected chi connectivity index (χ0v) is 19.6. The van der Waals surface area contributed by atoms with Crippen LogP contribution in [0.3, 0.4) is 0 Å². The number of piperidine rings is 1. The third kappa shape index (κ3) is 5.95. The van der Waals surface area contributed by atoms with E-state index < -0.39 is 0 Å². The van der Waals surface area contributed by atoms with E-state index in [9.17, 15) is 4.79 Å².